The Kier molecular flexibility index (Phi) is 5.82. The molecule has 0 spiro atoms. The van der Waals surface area contributed by atoms with Gasteiger partial charge < -0.3 is 15.1 Å². The minimum Gasteiger partial charge on any atom is -0.354 e. The molecule has 3 aromatic rings. The predicted octanol–water partition coefficient (Wildman–Crippen LogP) is 2.90. The standard InChI is InChI=1S/C20H22ClN7/c21-17-4-1-3-16(15-17)5-9-22-19-23-10-6-18(26-19)27-11-13-28(14-12-27)20-24-7-2-8-25-20/h1-4,6-8,10,15H,5,9,11-14H2,(H,22,23,26). The van der Waals surface area contributed by atoms with E-state index in [9.17, 15) is 0 Å². The van der Waals surface area contributed by atoms with Crippen LogP contribution in [0.4, 0.5) is 17.7 Å². The summed E-state index contributed by atoms with van der Waals surface area (Å²) in [4.78, 5) is 22.1. The lowest BCUT2D eigenvalue weighted by Crippen LogP contribution is -2.47. The van der Waals surface area contributed by atoms with Gasteiger partial charge in [-0.25, -0.2) is 15.0 Å². The topological polar surface area (TPSA) is 70.1 Å². The zero-order valence-electron chi connectivity index (χ0n) is 15.5. The number of piperazine rings is 1. The first-order valence-electron chi connectivity index (χ1n) is 9.36. The lowest BCUT2D eigenvalue weighted by Gasteiger charge is -2.35. The molecule has 0 amide bonds. The maximum Gasteiger partial charge on any atom is 0.225 e. The first-order chi connectivity index (χ1) is 13.8. The number of hydrogen-bond donors (Lipinski definition) is 1. The van der Waals surface area contributed by atoms with Gasteiger partial charge in [-0.15, -0.1) is 0 Å². The summed E-state index contributed by atoms with van der Waals surface area (Å²) >= 11 is 6.04. The molecule has 0 radical (unpaired) electrons. The fraction of sp³-hybridized carbons (Fsp3) is 0.300. The third-order valence-electron chi connectivity index (χ3n) is 4.67. The number of hydrogen-bond acceptors (Lipinski definition) is 7. The van der Waals surface area contributed by atoms with Gasteiger partial charge in [-0.2, -0.15) is 4.98 Å². The first-order valence-corrected chi connectivity index (χ1v) is 9.74. The van der Waals surface area contributed by atoms with Crippen LogP contribution in [0, 0.1) is 0 Å². The van der Waals surface area contributed by atoms with Crippen molar-refractivity contribution in [3.63, 3.8) is 0 Å². The summed E-state index contributed by atoms with van der Waals surface area (Å²) in [5.74, 6) is 2.37. The van der Waals surface area contributed by atoms with Crippen LogP contribution < -0.4 is 15.1 Å². The van der Waals surface area contributed by atoms with E-state index in [0.29, 0.717) is 5.95 Å². The zero-order valence-corrected chi connectivity index (χ0v) is 16.3. The Labute approximate surface area is 169 Å². The van der Waals surface area contributed by atoms with E-state index in [0.717, 1.165) is 55.9 Å². The van der Waals surface area contributed by atoms with Gasteiger partial charge in [0.25, 0.3) is 0 Å². The van der Waals surface area contributed by atoms with Crippen molar-refractivity contribution >= 4 is 29.3 Å². The highest BCUT2D eigenvalue weighted by Crippen LogP contribution is 2.17. The van der Waals surface area contributed by atoms with E-state index in [1.807, 2.05) is 30.3 Å². The highest BCUT2D eigenvalue weighted by Gasteiger charge is 2.20. The molecule has 2 aromatic heterocycles. The van der Waals surface area contributed by atoms with Crippen LogP contribution in [0.5, 0.6) is 0 Å². The van der Waals surface area contributed by atoms with Crippen LogP contribution >= 0.6 is 11.6 Å². The van der Waals surface area contributed by atoms with Crippen LogP contribution in [-0.2, 0) is 6.42 Å². The maximum atomic E-state index is 6.04. The van der Waals surface area contributed by atoms with Crippen LogP contribution in [0.1, 0.15) is 5.56 Å². The summed E-state index contributed by atoms with van der Waals surface area (Å²) in [5, 5.41) is 4.06. The van der Waals surface area contributed by atoms with Gasteiger partial charge >= 0.3 is 0 Å². The average Bonchev–Trinajstić information content (AvgIpc) is 2.75. The van der Waals surface area contributed by atoms with E-state index < -0.39 is 0 Å². The van der Waals surface area contributed by atoms with Crippen molar-refractivity contribution < 1.29 is 0 Å². The van der Waals surface area contributed by atoms with E-state index in [2.05, 4.69) is 41.1 Å². The largest absolute Gasteiger partial charge is 0.354 e. The summed E-state index contributed by atoms with van der Waals surface area (Å²) < 4.78 is 0. The molecule has 7 nitrogen and oxygen atoms in total. The van der Waals surface area contributed by atoms with Crippen molar-refractivity contribution in [1.82, 2.24) is 19.9 Å². The number of aromatic nitrogens is 4. The lowest BCUT2D eigenvalue weighted by atomic mass is 10.1. The van der Waals surface area contributed by atoms with Gasteiger partial charge in [-0.05, 0) is 36.2 Å². The summed E-state index contributed by atoms with van der Waals surface area (Å²) in [6.07, 6.45) is 6.22. The van der Waals surface area contributed by atoms with Crippen molar-refractivity contribution in [2.75, 3.05) is 47.8 Å². The van der Waals surface area contributed by atoms with Crippen molar-refractivity contribution in [3.05, 3.63) is 65.6 Å². The van der Waals surface area contributed by atoms with Crippen LogP contribution in [0.3, 0.4) is 0 Å². The average molecular weight is 396 g/mol. The van der Waals surface area contributed by atoms with Crippen LogP contribution in [0.15, 0.2) is 55.0 Å². The molecule has 1 saturated heterocycles. The molecule has 1 fully saturated rings. The Balaban J connectivity index is 1.31. The summed E-state index contributed by atoms with van der Waals surface area (Å²) in [6, 6.07) is 11.7. The van der Waals surface area contributed by atoms with E-state index in [1.54, 1.807) is 18.6 Å². The minimum atomic E-state index is 0.647. The molecule has 1 aliphatic rings. The summed E-state index contributed by atoms with van der Waals surface area (Å²) in [7, 11) is 0. The molecule has 4 rings (SSSR count). The molecule has 1 aromatic carbocycles. The molecule has 0 aliphatic carbocycles. The maximum absolute atomic E-state index is 6.04. The van der Waals surface area contributed by atoms with Crippen LogP contribution in [0.25, 0.3) is 0 Å². The van der Waals surface area contributed by atoms with Gasteiger partial charge in [0, 0.05) is 56.3 Å². The third-order valence-corrected chi connectivity index (χ3v) is 4.90. The molecular weight excluding hydrogens is 374 g/mol. The third kappa shape index (κ3) is 4.67. The molecule has 144 valence electrons. The molecule has 0 saturated carbocycles. The van der Waals surface area contributed by atoms with Gasteiger partial charge in [0.1, 0.15) is 5.82 Å². The Morgan fingerprint density at radius 3 is 2.46 bits per heavy atom. The Morgan fingerprint density at radius 2 is 1.68 bits per heavy atom. The van der Waals surface area contributed by atoms with Gasteiger partial charge in [0.05, 0.1) is 0 Å². The van der Waals surface area contributed by atoms with Crippen molar-refractivity contribution in [2.24, 2.45) is 0 Å². The zero-order chi connectivity index (χ0) is 19.2. The molecule has 1 aliphatic heterocycles. The van der Waals surface area contributed by atoms with E-state index in [1.165, 1.54) is 5.56 Å². The molecule has 0 bridgehead atoms. The molecule has 3 heterocycles. The molecule has 0 atom stereocenters. The SMILES string of the molecule is Clc1cccc(CCNc2nccc(N3CCN(c4ncccn4)CC3)n2)c1. The number of nitrogens with one attached hydrogen (secondary N) is 1. The van der Waals surface area contributed by atoms with E-state index >= 15 is 0 Å². The van der Waals surface area contributed by atoms with Gasteiger partial charge in [-0.3, -0.25) is 0 Å². The molecular formula is C20H22ClN7. The predicted molar refractivity (Wildman–Crippen MR) is 112 cm³/mol. The Bertz CT molecular complexity index is 898. The Morgan fingerprint density at radius 1 is 0.893 bits per heavy atom. The van der Waals surface area contributed by atoms with E-state index in [4.69, 9.17) is 11.6 Å². The van der Waals surface area contributed by atoms with Gasteiger partial charge in [0.2, 0.25) is 11.9 Å². The van der Waals surface area contributed by atoms with Crippen molar-refractivity contribution in [3.8, 4) is 0 Å². The summed E-state index contributed by atoms with van der Waals surface area (Å²) in [5.41, 5.74) is 1.19. The lowest BCUT2D eigenvalue weighted by molar-refractivity contribution is 0.634. The highest BCUT2D eigenvalue weighted by atomic mass is 35.5. The number of benzene rings is 1. The van der Waals surface area contributed by atoms with Gasteiger partial charge in [-0.1, -0.05) is 23.7 Å². The fourth-order valence-electron chi connectivity index (χ4n) is 3.21. The van der Waals surface area contributed by atoms with Crippen LogP contribution in [-0.4, -0.2) is 52.7 Å². The fourth-order valence-corrected chi connectivity index (χ4v) is 3.42. The quantitative estimate of drug-likeness (QED) is 0.688. The van der Waals surface area contributed by atoms with Crippen molar-refractivity contribution in [2.45, 2.75) is 6.42 Å². The van der Waals surface area contributed by atoms with Gasteiger partial charge in [0.15, 0.2) is 0 Å². The summed E-state index contributed by atoms with van der Waals surface area (Å²) in [6.45, 7) is 4.23. The number of anilines is 3. The number of nitrogens with zero attached hydrogens (tertiary/aromatic N) is 6. The number of halogens is 1. The van der Waals surface area contributed by atoms with Crippen LogP contribution in [0.2, 0.25) is 5.02 Å². The second-order valence-electron chi connectivity index (χ2n) is 6.57. The second kappa shape index (κ2) is 8.84. The molecule has 28 heavy (non-hydrogen) atoms. The monoisotopic (exact) mass is 395 g/mol. The molecule has 8 heteroatoms. The Hall–Kier alpha value is -2.93. The minimum absolute atomic E-state index is 0.647. The smallest absolute Gasteiger partial charge is 0.225 e. The number of rotatable bonds is 6. The van der Waals surface area contributed by atoms with Crippen molar-refractivity contribution in [1.29, 1.82) is 0 Å². The second-order valence-corrected chi connectivity index (χ2v) is 7.00. The highest BCUT2D eigenvalue weighted by molar-refractivity contribution is 6.30. The molecule has 0 unspecified atom stereocenters. The van der Waals surface area contributed by atoms with E-state index in [-0.39, 0.29) is 0 Å². The molecule has 1 N–H and O–H groups in total. The first kappa shape index (κ1) is 18.4. The normalized spacial score (nSPS) is 14.2.